The van der Waals surface area contributed by atoms with E-state index in [4.69, 9.17) is 21.4 Å². The van der Waals surface area contributed by atoms with Crippen LogP contribution in [0.3, 0.4) is 0 Å². The first kappa shape index (κ1) is 25.8. The summed E-state index contributed by atoms with van der Waals surface area (Å²) < 4.78 is 47.6. The van der Waals surface area contributed by atoms with Crippen molar-refractivity contribution < 1.29 is 22.7 Å². The van der Waals surface area contributed by atoms with Crippen molar-refractivity contribution in [2.24, 2.45) is 0 Å². The van der Waals surface area contributed by atoms with E-state index < -0.39 is 20.7 Å². The van der Waals surface area contributed by atoms with Gasteiger partial charge in [-0.25, -0.2) is 17.8 Å². The van der Waals surface area contributed by atoms with E-state index in [1.807, 2.05) is 18.9 Å². The molecule has 0 atom stereocenters. The van der Waals surface area contributed by atoms with Gasteiger partial charge in [0, 0.05) is 29.4 Å². The Hall–Kier alpha value is -3.32. The van der Waals surface area contributed by atoms with Crippen molar-refractivity contribution in [3.05, 3.63) is 59.0 Å². The number of aromatic nitrogens is 4. The molecule has 4 aromatic rings. The number of aliphatic hydroxyl groups is 1. The van der Waals surface area contributed by atoms with Crippen molar-refractivity contribution in [1.29, 1.82) is 0 Å². The Kier molecular flexibility index (Phi) is 7.69. The van der Waals surface area contributed by atoms with Crippen molar-refractivity contribution in [2.75, 3.05) is 38.1 Å². The number of rotatable bonds is 10. The predicted molar refractivity (Wildman–Crippen MR) is 134 cm³/mol. The van der Waals surface area contributed by atoms with E-state index in [2.05, 4.69) is 24.9 Å². The van der Waals surface area contributed by atoms with Crippen molar-refractivity contribution in [2.45, 2.75) is 11.8 Å². The number of nitrogens with zero attached hydrogens (tertiary/aromatic N) is 4. The van der Waals surface area contributed by atoms with E-state index in [0.717, 1.165) is 12.1 Å². The number of aryl methyl sites for hydroxylation is 1. The molecule has 0 unspecified atom stereocenters. The van der Waals surface area contributed by atoms with Crippen molar-refractivity contribution in [3.63, 3.8) is 0 Å². The van der Waals surface area contributed by atoms with Crippen LogP contribution in [0.5, 0.6) is 5.88 Å². The number of aliphatic hydroxyl groups excluding tert-OH is 1. The maximum atomic E-state index is 14.1. The molecule has 0 aliphatic carbocycles. The fraction of sp³-hybridized carbons (Fsp3) is 0.261. The number of sulfonamides is 1. The zero-order valence-corrected chi connectivity index (χ0v) is 21.1. The molecule has 10 nitrogen and oxygen atoms in total. The molecule has 0 aliphatic heterocycles. The van der Waals surface area contributed by atoms with Crippen molar-refractivity contribution >= 4 is 38.3 Å². The molecular formula is C23H24ClFN6O4S. The first-order valence-corrected chi connectivity index (χ1v) is 12.8. The van der Waals surface area contributed by atoms with Gasteiger partial charge in [-0.2, -0.15) is 10.1 Å². The van der Waals surface area contributed by atoms with Crippen LogP contribution in [0.2, 0.25) is 5.02 Å². The molecule has 0 amide bonds. The summed E-state index contributed by atoms with van der Waals surface area (Å²) in [5.41, 5.74) is 2.01. The average molecular weight is 535 g/mol. The van der Waals surface area contributed by atoms with E-state index in [1.165, 1.54) is 18.2 Å². The fourth-order valence-corrected chi connectivity index (χ4v) is 4.83. The molecule has 0 fully saturated rings. The van der Waals surface area contributed by atoms with Crippen LogP contribution in [-0.4, -0.2) is 71.9 Å². The maximum absolute atomic E-state index is 14.1. The first-order valence-electron chi connectivity index (χ1n) is 10.9. The number of hydrogen-bond donors (Lipinski definition) is 3. The first-order chi connectivity index (χ1) is 17.2. The molecule has 36 heavy (non-hydrogen) atoms. The average Bonchev–Trinajstić information content (AvgIpc) is 3.21. The smallest absolute Gasteiger partial charge is 0.264 e. The molecule has 4 rings (SSSR count). The number of halogens is 2. The second-order valence-electron chi connectivity index (χ2n) is 8.02. The highest BCUT2D eigenvalue weighted by molar-refractivity contribution is 7.92. The predicted octanol–water partition coefficient (Wildman–Crippen LogP) is 3.22. The highest BCUT2D eigenvalue weighted by atomic mass is 35.5. The third-order valence-corrected chi connectivity index (χ3v) is 6.97. The highest BCUT2D eigenvalue weighted by Gasteiger charge is 2.20. The standard InChI is InChI=1S/C23H24ClFN6O4S/c1-14-20-22(29-28-14)26-21(27-23(20)35-12-10-31(2)9-11-32)15-3-6-17(7-4-15)30-36(33,34)19-13-16(24)5-8-18(19)25/h3-8,13,30,32H,9-12H2,1-2H3,(H,26,27,28,29). The van der Waals surface area contributed by atoms with Crippen molar-refractivity contribution in [1.82, 2.24) is 25.1 Å². The molecule has 2 aromatic carbocycles. The zero-order valence-electron chi connectivity index (χ0n) is 19.5. The molecule has 0 spiro atoms. The summed E-state index contributed by atoms with van der Waals surface area (Å²) in [6, 6.07) is 9.62. The zero-order chi connectivity index (χ0) is 25.9. The van der Waals surface area contributed by atoms with Gasteiger partial charge in [0.25, 0.3) is 10.0 Å². The van der Waals surface area contributed by atoms with Gasteiger partial charge >= 0.3 is 0 Å². The highest BCUT2D eigenvalue weighted by Crippen LogP contribution is 2.29. The molecule has 190 valence electrons. The monoisotopic (exact) mass is 534 g/mol. The van der Waals surface area contributed by atoms with Gasteiger partial charge in [-0.15, -0.1) is 0 Å². The van der Waals surface area contributed by atoms with Crippen LogP contribution in [0.4, 0.5) is 10.1 Å². The Balaban J connectivity index is 1.57. The lowest BCUT2D eigenvalue weighted by atomic mass is 10.2. The quantitative estimate of drug-likeness (QED) is 0.282. The molecule has 0 aliphatic rings. The number of ether oxygens (including phenoxy) is 1. The van der Waals surface area contributed by atoms with Crippen molar-refractivity contribution in [3.8, 4) is 17.3 Å². The number of fused-ring (bicyclic) bond motifs is 1. The van der Waals surface area contributed by atoms with Gasteiger partial charge in [0.1, 0.15) is 22.7 Å². The van der Waals surface area contributed by atoms with Crippen LogP contribution >= 0.6 is 11.6 Å². The number of likely N-dealkylation sites (N-methyl/N-ethyl adjacent to an activating group) is 1. The van der Waals surface area contributed by atoms with Crippen LogP contribution in [0, 0.1) is 12.7 Å². The largest absolute Gasteiger partial charge is 0.476 e. The summed E-state index contributed by atoms with van der Waals surface area (Å²) in [6.07, 6.45) is 0. The summed E-state index contributed by atoms with van der Waals surface area (Å²) >= 11 is 5.83. The fourth-order valence-electron chi connectivity index (χ4n) is 3.43. The molecule has 0 bridgehead atoms. The topological polar surface area (TPSA) is 133 Å². The third-order valence-electron chi connectivity index (χ3n) is 5.34. The molecule has 13 heteroatoms. The Labute approximate surface area is 212 Å². The van der Waals surface area contributed by atoms with Gasteiger partial charge in [-0.3, -0.25) is 9.82 Å². The molecule has 0 saturated heterocycles. The number of benzene rings is 2. The van der Waals surface area contributed by atoms with Crippen LogP contribution in [0.15, 0.2) is 47.4 Å². The van der Waals surface area contributed by atoms with Gasteiger partial charge < -0.3 is 14.7 Å². The minimum atomic E-state index is -4.19. The Morgan fingerprint density at radius 2 is 1.92 bits per heavy atom. The van der Waals surface area contributed by atoms with E-state index in [9.17, 15) is 12.8 Å². The van der Waals surface area contributed by atoms with Crippen LogP contribution in [-0.2, 0) is 10.0 Å². The third kappa shape index (κ3) is 5.73. The second kappa shape index (κ2) is 10.7. The lowest BCUT2D eigenvalue weighted by molar-refractivity contribution is 0.191. The van der Waals surface area contributed by atoms with Gasteiger partial charge in [-0.05, 0) is 56.4 Å². The van der Waals surface area contributed by atoms with E-state index >= 15 is 0 Å². The van der Waals surface area contributed by atoms with Gasteiger partial charge in [0.15, 0.2) is 11.5 Å². The molecule has 0 radical (unpaired) electrons. The number of H-pyrrole nitrogens is 1. The van der Waals surface area contributed by atoms with Gasteiger partial charge in [0.05, 0.1) is 12.3 Å². The summed E-state index contributed by atoms with van der Waals surface area (Å²) in [5, 5.41) is 16.9. The Morgan fingerprint density at radius 1 is 1.17 bits per heavy atom. The minimum absolute atomic E-state index is 0.0550. The van der Waals surface area contributed by atoms with Crippen LogP contribution in [0.1, 0.15) is 5.69 Å². The van der Waals surface area contributed by atoms with Crippen LogP contribution < -0.4 is 9.46 Å². The SMILES string of the molecule is Cc1n[nH]c2nc(-c3ccc(NS(=O)(=O)c4cc(Cl)ccc4F)cc3)nc(OCCN(C)CCO)c12. The number of nitrogens with one attached hydrogen (secondary N) is 2. The summed E-state index contributed by atoms with van der Waals surface area (Å²) in [6.45, 7) is 3.32. The normalized spacial score (nSPS) is 11.8. The molecule has 2 heterocycles. The van der Waals surface area contributed by atoms with E-state index in [-0.39, 0.29) is 17.3 Å². The minimum Gasteiger partial charge on any atom is -0.476 e. The molecule has 3 N–H and O–H groups in total. The maximum Gasteiger partial charge on any atom is 0.264 e. The molecule has 2 aromatic heterocycles. The summed E-state index contributed by atoms with van der Waals surface area (Å²) in [5.74, 6) is -0.199. The van der Waals surface area contributed by atoms with Gasteiger partial charge in [-0.1, -0.05) is 11.6 Å². The molecular weight excluding hydrogens is 511 g/mol. The lowest BCUT2D eigenvalue weighted by Crippen LogP contribution is -2.27. The summed E-state index contributed by atoms with van der Waals surface area (Å²) in [4.78, 5) is 10.5. The second-order valence-corrected chi connectivity index (χ2v) is 10.1. The number of hydrogen-bond acceptors (Lipinski definition) is 8. The molecule has 0 saturated carbocycles. The van der Waals surface area contributed by atoms with Crippen LogP contribution in [0.25, 0.3) is 22.4 Å². The number of anilines is 1. The Morgan fingerprint density at radius 3 is 2.64 bits per heavy atom. The van der Waals surface area contributed by atoms with E-state index in [0.29, 0.717) is 53.7 Å². The van der Waals surface area contributed by atoms with Gasteiger partial charge in [0.2, 0.25) is 5.88 Å². The van der Waals surface area contributed by atoms with E-state index in [1.54, 1.807) is 12.1 Å². The summed E-state index contributed by atoms with van der Waals surface area (Å²) in [7, 11) is -2.32. The Bertz CT molecular complexity index is 1480. The lowest BCUT2D eigenvalue weighted by Gasteiger charge is -2.15. The number of aromatic amines is 1.